The van der Waals surface area contributed by atoms with E-state index in [0.29, 0.717) is 23.5 Å². The molecule has 0 saturated carbocycles. The van der Waals surface area contributed by atoms with Gasteiger partial charge < -0.3 is 10.2 Å². The van der Waals surface area contributed by atoms with E-state index in [9.17, 15) is 9.59 Å². The molecule has 7 nitrogen and oxygen atoms in total. The Morgan fingerprint density at radius 1 is 1.17 bits per heavy atom. The van der Waals surface area contributed by atoms with Crippen molar-refractivity contribution in [2.24, 2.45) is 0 Å². The maximum absolute atomic E-state index is 13.4. The van der Waals surface area contributed by atoms with Crippen LogP contribution in [0.15, 0.2) is 42.6 Å². The van der Waals surface area contributed by atoms with E-state index < -0.39 is 6.04 Å². The summed E-state index contributed by atoms with van der Waals surface area (Å²) in [4.78, 5) is 32.5. The zero-order chi connectivity index (χ0) is 21.8. The molecule has 0 saturated heterocycles. The third-order valence-corrected chi connectivity index (χ3v) is 5.09. The van der Waals surface area contributed by atoms with Crippen molar-refractivity contribution in [1.29, 1.82) is 0 Å². The second-order valence-electron chi connectivity index (χ2n) is 7.75. The quantitative estimate of drug-likeness (QED) is 0.636. The van der Waals surface area contributed by atoms with Gasteiger partial charge >= 0.3 is 0 Å². The highest BCUT2D eigenvalue weighted by Gasteiger charge is 2.28. The summed E-state index contributed by atoms with van der Waals surface area (Å²) in [5.74, 6) is -0.418. The van der Waals surface area contributed by atoms with Crippen LogP contribution in [0.4, 0.5) is 5.69 Å². The Bertz CT molecular complexity index is 1040. The molecule has 0 aliphatic heterocycles. The minimum Gasteiger partial charge on any atom is -0.327 e. The molecule has 3 rings (SSSR count). The van der Waals surface area contributed by atoms with Gasteiger partial charge in [-0.3, -0.25) is 9.59 Å². The number of anilines is 1. The molecule has 0 spiro atoms. The van der Waals surface area contributed by atoms with Crippen molar-refractivity contribution in [2.45, 2.75) is 53.1 Å². The van der Waals surface area contributed by atoms with Crippen molar-refractivity contribution in [2.75, 3.05) is 11.9 Å². The molecule has 1 aromatic carbocycles. The third kappa shape index (κ3) is 4.35. The number of carbonyl (C=O) groups is 2. The maximum Gasteiger partial charge on any atom is 0.256 e. The van der Waals surface area contributed by atoms with Crippen LogP contribution in [0.5, 0.6) is 0 Å². The lowest BCUT2D eigenvalue weighted by atomic mass is 10.1. The molecule has 3 aromatic rings. The largest absolute Gasteiger partial charge is 0.327 e. The van der Waals surface area contributed by atoms with Gasteiger partial charge in [0.2, 0.25) is 5.91 Å². The number of pyridine rings is 1. The summed E-state index contributed by atoms with van der Waals surface area (Å²) in [6, 6.07) is 10.6. The molecule has 2 aromatic heterocycles. The second kappa shape index (κ2) is 9.07. The van der Waals surface area contributed by atoms with Gasteiger partial charge in [0.15, 0.2) is 5.65 Å². The molecule has 30 heavy (non-hydrogen) atoms. The summed E-state index contributed by atoms with van der Waals surface area (Å²) >= 11 is 0. The van der Waals surface area contributed by atoms with Crippen LogP contribution in [-0.4, -0.2) is 44.1 Å². The summed E-state index contributed by atoms with van der Waals surface area (Å²) in [5, 5.41) is 8.09. The minimum absolute atomic E-state index is 0.175. The number of benzene rings is 1. The van der Waals surface area contributed by atoms with Gasteiger partial charge in [0.1, 0.15) is 6.04 Å². The number of carbonyl (C=O) groups excluding carboxylic acids is 2. The number of nitrogens with one attached hydrogen (secondary N) is 1. The predicted octanol–water partition coefficient (Wildman–Crippen LogP) is 4.20. The summed E-state index contributed by atoms with van der Waals surface area (Å²) in [6.45, 7) is 10.1. The van der Waals surface area contributed by atoms with Crippen LogP contribution < -0.4 is 5.32 Å². The first-order valence-electron chi connectivity index (χ1n) is 10.3. The van der Waals surface area contributed by atoms with Crippen molar-refractivity contribution in [1.82, 2.24) is 19.7 Å². The Labute approximate surface area is 177 Å². The van der Waals surface area contributed by atoms with Crippen molar-refractivity contribution in [3.8, 4) is 0 Å². The number of para-hydroxylation sites is 1. The molecule has 158 valence electrons. The highest BCUT2D eigenvalue weighted by molar-refractivity contribution is 6.02. The van der Waals surface area contributed by atoms with Gasteiger partial charge in [-0.25, -0.2) is 9.67 Å². The van der Waals surface area contributed by atoms with Crippen LogP contribution in [0, 0.1) is 6.92 Å². The summed E-state index contributed by atoms with van der Waals surface area (Å²) < 4.78 is 1.84. The molecule has 0 aliphatic carbocycles. The van der Waals surface area contributed by atoms with Crippen LogP contribution in [0.25, 0.3) is 11.0 Å². The van der Waals surface area contributed by atoms with E-state index in [1.807, 2.05) is 68.8 Å². The molecule has 2 heterocycles. The van der Waals surface area contributed by atoms with Gasteiger partial charge in [-0.15, -0.1) is 0 Å². The van der Waals surface area contributed by atoms with Crippen LogP contribution >= 0.6 is 0 Å². The highest BCUT2D eigenvalue weighted by atomic mass is 16.2. The fourth-order valence-electron chi connectivity index (χ4n) is 3.44. The van der Waals surface area contributed by atoms with Crippen LogP contribution in [0.3, 0.4) is 0 Å². The Kier molecular flexibility index (Phi) is 6.50. The van der Waals surface area contributed by atoms with Gasteiger partial charge in [0, 0.05) is 23.7 Å². The maximum atomic E-state index is 13.4. The van der Waals surface area contributed by atoms with Crippen molar-refractivity contribution >= 4 is 28.5 Å². The number of nitrogens with zero attached hydrogens (tertiary/aromatic N) is 4. The number of fused-ring (bicyclic) bond motifs is 1. The van der Waals surface area contributed by atoms with Crippen LogP contribution in [0.1, 0.15) is 56.2 Å². The second-order valence-corrected chi connectivity index (χ2v) is 7.75. The molecule has 1 atom stereocenters. The lowest BCUT2D eigenvalue weighted by Gasteiger charge is -2.28. The van der Waals surface area contributed by atoms with Crippen molar-refractivity contribution < 1.29 is 9.59 Å². The van der Waals surface area contributed by atoms with Gasteiger partial charge in [-0.05, 0) is 52.3 Å². The Morgan fingerprint density at radius 3 is 2.50 bits per heavy atom. The van der Waals surface area contributed by atoms with E-state index in [1.54, 1.807) is 18.0 Å². The molecule has 7 heteroatoms. The monoisotopic (exact) mass is 407 g/mol. The lowest BCUT2D eigenvalue weighted by molar-refractivity contribution is -0.120. The number of hydrogen-bond acceptors (Lipinski definition) is 4. The van der Waals surface area contributed by atoms with E-state index in [1.165, 1.54) is 0 Å². The molecular formula is C23H29N5O2. The molecule has 0 bridgehead atoms. The topological polar surface area (TPSA) is 80.1 Å². The standard InChI is InChI=1S/C23H29N5O2/c1-6-12-27(17(5)22(29)26-19-10-8-7-9-11-19)23(30)20-13-18-14-24-28(15(2)3)21(18)25-16(20)4/h7-11,13-15,17H,6,12H2,1-5H3,(H,26,29). The van der Waals surface area contributed by atoms with Crippen molar-refractivity contribution in [3.63, 3.8) is 0 Å². The Balaban J connectivity index is 1.89. The number of hydrogen-bond donors (Lipinski definition) is 1. The molecule has 1 N–H and O–H groups in total. The zero-order valence-electron chi connectivity index (χ0n) is 18.2. The van der Waals surface area contributed by atoms with E-state index in [0.717, 1.165) is 17.5 Å². The molecule has 1 unspecified atom stereocenters. The average Bonchev–Trinajstić information content (AvgIpc) is 3.14. The van der Waals surface area contributed by atoms with E-state index in [-0.39, 0.29) is 17.9 Å². The van der Waals surface area contributed by atoms with Gasteiger partial charge in [-0.1, -0.05) is 25.1 Å². The van der Waals surface area contributed by atoms with Gasteiger partial charge in [-0.2, -0.15) is 5.10 Å². The normalized spacial score (nSPS) is 12.2. The Hall–Kier alpha value is -3.22. The molecule has 0 fully saturated rings. The zero-order valence-corrected chi connectivity index (χ0v) is 18.2. The van der Waals surface area contributed by atoms with E-state index >= 15 is 0 Å². The Morgan fingerprint density at radius 2 is 1.87 bits per heavy atom. The number of amides is 2. The predicted molar refractivity (Wildman–Crippen MR) is 119 cm³/mol. The highest BCUT2D eigenvalue weighted by Crippen LogP contribution is 2.21. The fraction of sp³-hybridized carbons (Fsp3) is 0.391. The first kappa shape index (κ1) is 21.5. The number of aryl methyl sites for hydroxylation is 1. The molecule has 0 aliphatic rings. The third-order valence-electron chi connectivity index (χ3n) is 5.09. The number of aromatic nitrogens is 3. The van der Waals surface area contributed by atoms with Crippen LogP contribution in [-0.2, 0) is 4.79 Å². The van der Waals surface area contributed by atoms with Crippen LogP contribution in [0.2, 0.25) is 0 Å². The summed E-state index contributed by atoms with van der Waals surface area (Å²) in [5.41, 5.74) is 2.60. The minimum atomic E-state index is -0.619. The van der Waals surface area contributed by atoms with Crippen molar-refractivity contribution in [3.05, 3.63) is 53.9 Å². The number of rotatable bonds is 7. The average molecular weight is 408 g/mol. The first-order valence-corrected chi connectivity index (χ1v) is 10.3. The molecule has 0 radical (unpaired) electrons. The molecule has 2 amide bonds. The van der Waals surface area contributed by atoms with Gasteiger partial charge in [0.25, 0.3) is 5.91 Å². The summed E-state index contributed by atoms with van der Waals surface area (Å²) in [6.07, 6.45) is 2.48. The van der Waals surface area contributed by atoms with E-state index in [4.69, 9.17) is 0 Å². The SMILES string of the molecule is CCCN(C(=O)c1cc2cnn(C(C)C)c2nc1C)C(C)C(=O)Nc1ccccc1. The fourth-order valence-corrected chi connectivity index (χ4v) is 3.44. The molecular weight excluding hydrogens is 378 g/mol. The van der Waals surface area contributed by atoms with Gasteiger partial charge in [0.05, 0.1) is 17.5 Å². The smallest absolute Gasteiger partial charge is 0.256 e. The van der Waals surface area contributed by atoms with E-state index in [2.05, 4.69) is 15.4 Å². The first-order chi connectivity index (χ1) is 14.3. The summed E-state index contributed by atoms with van der Waals surface area (Å²) in [7, 11) is 0. The lowest BCUT2D eigenvalue weighted by Crippen LogP contribution is -2.46.